The second kappa shape index (κ2) is 5.55. The van der Waals surface area contributed by atoms with Crippen molar-refractivity contribution >= 4 is 18.3 Å². The maximum atomic E-state index is 6.16. The van der Waals surface area contributed by atoms with Crippen LogP contribution < -0.4 is 15.7 Å². The van der Waals surface area contributed by atoms with E-state index in [1.807, 2.05) is 0 Å². The van der Waals surface area contributed by atoms with Crippen LogP contribution in [0.15, 0.2) is 24.3 Å². The molecule has 4 nitrogen and oxygen atoms in total. The fourth-order valence-corrected chi connectivity index (χ4v) is 3.05. The Labute approximate surface area is 134 Å². The highest BCUT2D eigenvalue weighted by atomic mass is 16.7. The minimum atomic E-state index is -0.297. The van der Waals surface area contributed by atoms with E-state index in [0.717, 1.165) is 18.6 Å². The minimum Gasteiger partial charge on any atom is -0.399 e. The molecule has 1 aromatic carbocycles. The molecule has 2 saturated heterocycles. The number of hydrogen-bond acceptors (Lipinski definition) is 4. The Kier molecular flexibility index (Phi) is 4.00. The molecule has 3 rings (SSSR count). The summed E-state index contributed by atoms with van der Waals surface area (Å²) in [7, 11) is 1.88. The van der Waals surface area contributed by atoms with E-state index in [-0.39, 0.29) is 18.3 Å². The third kappa shape index (κ3) is 2.77. The van der Waals surface area contributed by atoms with Gasteiger partial charge in [-0.05, 0) is 58.3 Å². The van der Waals surface area contributed by atoms with Crippen molar-refractivity contribution in [2.24, 2.45) is 0 Å². The molecule has 0 spiro atoms. The number of nitrogens with one attached hydrogen (secondary N) is 1. The first-order valence-corrected chi connectivity index (χ1v) is 8.19. The Hall–Kier alpha value is -1.04. The lowest BCUT2D eigenvalue weighted by molar-refractivity contribution is 0.00578. The van der Waals surface area contributed by atoms with Gasteiger partial charge in [0.05, 0.1) is 11.2 Å². The van der Waals surface area contributed by atoms with Crippen LogP contribution in [0.1, 0.15) is 34.1 Å². The Morgan fingerprint density at radius 1 is 1.18 bits per heavy atom. The quantitative estimate of drug-likeness (QED) is 0.863. The average molecular weight is 302 g/mol. The number of likely N-dealkylation sites (N-methyl/N-ethyl adjacent to an activating group) is 1. The highest BCUT2D eigenvalue weighted by Gasteiger charge is 2.51. The first-order chi connectivity index (χ1) is 10.3. The van der Waals surface area contributed by atoms with Gasteiger partial charge in [-0.1, -0.05) is 12.1 Å². The lowest BCUT2D eigenvalue weighted by Gasteiger charge is -2.32. The van der Waals surface area contributed by atoms with Gasteiger partial charge in [0.2, 0.25) is 0 Å². The monoisotopic (exact) mass is 302 g/mol. The molecule has 0 aliphatic carbocycles. The Balaban J connectivity index is 1.80. The van der Waals surface area contributed by atoms with Crippen LogP contribution in [0.4, 0.5) is 5.69 Å². The average Bonchev–Trinajstić information content (AvgIpc) is 3.05. The molecule has 0 bridgehead atoms. The van der Waals surface area contributed by atoms with Gasteiger partial charge in [0.25, 0.3) is 0 Å². The van der Waals surface area contributed by atoms with Crippen molar-refractivity contribution in [3.05, 3.63) is 24.3 Å². The van der Waals surface area contributed by atoms with Crippen LogP contribution in [0.2, 0.25) is 0 Å². The summed E-state index contributed by atoms with van der Waals surface area (Å²) in [6.45, 7) is 10.5. The maximum absolute atomic E-state index is 6.16. The highest BCUT2D eigenvalue weighted by molar-refractivity contribution is 6.62. The van der Waals surface area contributed by atoms with E-state index in [0.29, 0.717) is 6.04 Å². The molecular formula is C17H27BN2O2. The topological polar surface area (TPSA) is 33.7 Å². The third-order valence-corrected chi connectivity index (χ3v) is 5.38. The zero-order valence-corrected chi connectivity index (χ0v) is 14.3. The molecule has 0 aromatic heterocycles. The molecule has 1 aromatic rings. The van der Waals surface area contributed by atoms with Gasteiger partial charge in [0.1, 0.15) is 0 Å². The number of anilines is 1. The van der Waals surface area contributed by atoms with Crippen LogP contribution in [0.25, 0.3) is 0 Å². The van der Waals surface area contributed by atoms with Crippen molar-refractivity contribution in [2.45, 2.75) is 51.4 Å². The normalized spacial score (nSPS) is 26.4. The predicted molar refractivity (Wildman–Crippen MR) is 91.8 cm³/mol. The third-order valence-electron chi connectivity index (χ3n) is 5.38. The van der Waals surface area contributed by atoms with Crippen molar-refractivity contribution in [2.75, 3.05) is 25.0 Å². The van der Waals surface area contributed by atoms with E-state index < -0.39 is 0 Å². The molecule has 2 aliphatic heterocycles. The van der Waals surface area contributed by atoms with Gasteiger partial charge in [-0.3, -0.25) is 0 Å². The van der Waals surface area contributed by atoms with E-state index in [4.69, 9.17) is 9.31 Å². The zero-order chi connectivity index (χ0) is 16.0. The Morgan fingerprint density at radius 3 is 2.45 bits per heavy atom. The summed E-state index contributed by atoms with van der Waals surface area (Å²) in [5.74, 6) is 0. The summed E-state index contributed by atoms with van der Waals surface area (Å²) in [6.07, 6.45) is 1.19. The van der Waals surface area contributed by atoms with Gasteiger partial charge in [-0.25, -0.2) is 0 Å². The van der Waals surface area contributed by atoms with E-state index in [9.17, 15) is 0 Å². The molecule has 1 N–H and O–H groups in total. The molecule has 0 unspecified atom stereocenters. The summed E-state index contributed by atoms with van der Waals surface area (Å²) in [6, 6.07) is 9.10. The molecule has 120 valence electrons. The van der Waals surface area contributed by atoms with Gasteiger partial charge >= 0.3 is 7.12 Å². The second-order valence-electron chi connectivity index (χ2n) is 7.44. The van der Waals surface area contributed by atoms with Crippen molar-refractivity contribution in [3.8, 4) is 0 Å². The molecule has 1 atom stereocenters. The van der Waals surface area contributed by atoms with Crippen molar-refractivity contribution < 1.29 is 9.31 Å². The van der Waals surface area contributed by atoms with Crippen LogP contribution in [-0.2, 0) is 9.31 Å². The summed E-state index contributed by atoms with van der Waals surface area (Å²) < 4.78 is 12.3. The first kappa shape index (κ1) is 15.8. The van der Waals surface area contributed by atoms with E-state index in [1.54, 1.807) is 0 Å². The Morgan fingerprint density at radius 2 is 1.86 bits per heavy atom. The minimum absolute atomic E-state index is 0.292. The summed E-state index contributed by atoms with van der Waals surface area (Å²) in [5, 5.41) is 3.42. The van der Waals surface area contributed by atoms with E-state index in [2.05, 4.69) is 69.2 Å². The van der Waals surface area contributed by atoms with Gasteiger partial charge < -0.3 is 19.5 Å². The molecule has 2 aliphatic rings. The second-order valence-corrected chi connectivity index (χ2v) is 7.44. The van der Waals surface area contributed by atoms with E-state index in [1.165, 1.54) is 12.1 Å². The fourth-order valence-electron chi connectivity index (χ4n) is 3.05. The van der Waals surface area contributed by atoms with Crippen LogP contribution in [0.3, 0.4) is 0 Å². The van der Waals surface area contributed by atoms with Crippen LogP contribution in [0.5, 0.6) is 0 Å². The molecule has 2 fully saturated rings. The number of rotatable bonds is 3. The predicted octanol–water partition coefficient (Wildman–Crippen LogP) is 1.78. The molecule has 0 amide bonds. The molecule has 0 saturated carbocycles. The lowest BCUT2D eigenvalue weighted by atomic mass is 9.79. The Bertz CT molecular complexity index is 525. The van der Waals surface area contributed by atoms with E-state index >= 15 is 0 Å². The number of nitrogens with zero attached hydrogens (tertiary/aromatic N) is 1. The number of hydrogen-bond donors (Lipinski definition) is 1. The molecule has 2 heterocycles. The standard InChI is InChI=1S/C17H27BN2O2/c1-16(2)17(3,4)22-18(21-16)13-7-6-8-14(11-13)20(5)15-9-10-19-12-15/h6-8,11,15,19H,9-10,12H2,1-5H3/t15-/m1/s1. The van der Waals surface area contributed by atoms with Crippen molar-refractivity contribution in [1.29, 1.82) is 0 Å². The summed E-state index contributed by atoms with van der Waals surface area (Å²) in [5.41, 5.74) is 1.72. The maximum Gasteiger partial charge on any atom is 0.494 e. The van der Waals surface area contributed by atoms with Gasteiger partial charge in [0, 0.05) is 25.3 Å². The highest BCUT2D eigenvalue weighted by Crippen LogP contribution is 2.36. The summed E-state index contributed by atoms with van der Waals surface area (Å²) >= 11 is 0. The van der Waals surface area contributed by atoms with Crippen molar-refractivity contribution in [3.63, 3.8) is 0 Å². The first-order valence-electron chi connectivity index (χ1n) is 8.19. The molecule has 5 heteroatoms. The van der Waals surface area contributed by atoms with Crippen molar-refractivity contribution in [1.82, 2.24) is 5.32 Å². The molecular weight excluding hydrogens is 275 g/mol. The summed E-state index contributed by atoms with van der Waals surface area (Å²) in [4.78, 5) is 2.36. The van der Waals surface area contributed by atoms with Gasteiger partial charge in [-0.15, -0.1) is 0 Å². The van der Waals surface area contributed by atoms with Gasteiger partial charge in [-0.2, -0.15) is 0 Å². The largest absolute Gasteiger partial charge is 0.494 e. The SMILES string of the molecule is CN(c1cccc(B2OC(C)(C)C(C)(C)O2)c1)[C@@H]1CCNC1. The van der Waals surface area contributed by atoms with Crippen LogP contribution in [0, 0.1) is 0 Å². The van der Waals surface area contributed by atoms with Crippen LogP contribution in [-0.4, -0.2) is 44.5 Å². The fraction of sp³-hybridized carbons (Fsp3) is 0.647. The number of benzene rings is 1. The van der Waals surface area contributed by atoms with Gasteiger partial charge in [0.15, 0.2) is 0 Å². The lowest BCUT2D eigenvalue weighted by Crippen LogP contribution is -2.41. The smallest absolute Gasteiger partial charge is 0.399 e. The molecule has 0 radical (unpaired) electrons. The van der Waals surface area contributed by atoms with Crippen LogP contribution >= 0.6 is 0 Å². The molecule has 22 heavy (non-hydrogen) atoms. The zero-order valence-electron chi connectivity index (χ0n) is 14.3.